The van der Waals surface area contributed by atoms with E-state index in [0.717, 1.165) is 18.7 Å². The van der Waals surface area contributed by atoms with Crippen molar-refractivity contribution >= 4 is 5.91 Å². The molecule has 0 aromatic heterocycles. The predicted molar refractivity (Wildman–Crippen MR) is 96.4 cm³/mol. The number of amides is 1. The number of carbonyl (C=O) groups is 1. The molecule has 1 aliphatic rings. The number of benzene rings is 2. The van der Waals surface area contributed by atoms with E-state index in [-0.39, 0.29) is 24.4 Å². The van der Waals surface area contributed by atoms with Gasteiger partial charge in [-0.3, -0.25) is 9.69 Å². The summed E-state index contributed by atoms with van der Waals surface area (Å²) in [5.74, 6) is -0.725. The second-order valence-corrected chi connectivity index (χ2v) is 6.27. The van der Waals surface area contributed by atoms with Crippen molar-refractivity contribution in [2.75, 3.05) is 39.5 Å². The van der Waals surface area contributed by atoms with Gasteiger partial charge in [0.2, 0.25) is 0 Å². The standard InChI is InChI=1S/C20H22F2N2O3/c21-16-6-4-15(5-7-16)19(24-8-10-26-11-9-24)13-23-20(25)14-27-18-3-1-2-17(22)12-18/h1-7,12,19H,8-11,13-14H2,(H,23,25). The Morgan fingerprint density at radius 3 is 2.56 bits per heavy atom. The maximum Gasteiger partial charge on any atom is 0.258 e. The summed E-state index contributed by atoms with van der Waals surface area (Å²) >= 11 is 0. The zero-order valence-corrected chi connectivity index (χ0v) is 14.9. The molecular weight excluding hydrogens is 354 g/mol. The van der Waals surface area contributed by atoms with Gasteiger partial charge in [-0.25, -0.2) is 8.78 Å². The van der Waals surface area contributed by atoms with Gasteiger partial charge in [0, 0.05) is 25.7 Å². The summed E-state index contributed by atoms with van der Waals surface area (Å²) < 4.78 is 37.1. The molecular formula is C20H22F2N2O3. The third-order valence-corrected chi connectivity index (χ3v) is 4.40. The fourth-order valence-corrected chi connectivity index (χ4v) is 3.00. The van der Waals surface area contributed by atoms with Gasteiger partial charge >= 0.3 is 0 Å². The van der Waals surface area contributed by atoms with Gasteiger partial charge in [-0.15, -0.1) is 0 Å². The van der Waals surface area contributed by atoms with Crippen molar-refractivity contribution in [3.63, 3.8) is 0 Å². The number of hydrogen-bond donors (Lipinski definition) is 1. The first-order valence-corrected chi connectivity index (χ1v) is 8.84. The van der Waals surface area contributed by atoms with Crippen LogP contribution in [0.5, 0.6) is 5.75 Å². The molecule has 144 valence electrons. The molecule has 1 atom stereocenters. The molecule has 1 aliphatic heterocycles. The van der Waals surface area contributed by atoms with Gasteiger partial charge in [-0.05, 0) is 29.8 Å². The second kappa shape index (κ2) is 9.43. The van der Waals surface area contributed by atoms with Crippen LogP contribution < -0.4 is 10.1 Å². The second-order valence-electron chi connectivity index (χ2n) is 6.27. The molecule has 0 aliphatic carbocycles. The monoisotopic (exact) mass is 376 g/mol. The lowest BCUT2D eigenvalue weighted by atomic mass is 10.0. The number of morpholine rings is 1. The van der Waals surface area contributed by atoms with Crippen molar-refractivity contribution in [1.82, 2.24) is 10.2 Å². The Bertz CT molecular complexity index is 749. The minimum Gasteiger partial charge on any atom is -0.484 e. The van der Waals surface area contributed by atoms with Gasteiger partial charge in [0.15, 0.2) is 6.61 Å². The molecule has 5 nitrogen and oxygen atoms in total. The van der Waals surface area contributed by atoms with Crippen LogP contribution in [0.2, 0.25) is 0 Å². The SMILES string of the molecule is O=C(COc1cccc(F)c1)NCC(c1ccc(F)cc1)N1CCOCC1. The average molecular weight is 376 g/mol. The van der Waals surface area contributed by atoms with Gasteiger partial charge < -0.3 is 14.8 Å². The summed E-state index contributed by atoms with van der Waals surface area (Å²) in [5, 5.41) is 2.84. The van der Waals surface area contributed by atoms with E-state index >= 15 is 0 Å². The van der Waals surface area contributed by atoms with E-state index in [9.17, 15) is 13.6 Å². The van der Waals surface area contributed by atoms with Crippen LogP contribution >= 0.6 is 0 Å². The van der Waals surface area contributed by atoms with E-state index in [0.29, 0.717) is 25.5 Å². The Balaban J connectivity index is 1.58. The molecule has 2 aromatic carbocycles. The van der Waals surface area contributed by atoms with Crippen molar-refractivity contribution in [3.05, 3.63) is 65.7 Å². The Labute approximate surface area is 156 Å². The van der Waals surface area contributed by atoms with Crippen LogP contribution in [0.4, 0.5) is 8.78 Å². The van der Waals surface area contributed by atoms with Crippen LogP contribution in [0, 0.1) is 11.6 Å². The number of hydrogen-bond acceptors (Lipinski definition) is 4. The Hall–Kier alpha value is -2.51. The highest BCUT2D eigenvalue weighted by molar-refractivity contribution is 5.77. The molecule has 1 unspecified atom stereocenters. The van der Waals surface area contributed by atoms with Crippen LogP contribution in [0.1, 0.15) is 11.6 Å². The summed E-state index contributed by atoms with van der Waals surface area (Å²) in [6, 6.07) is 11.8. The van der Waals surface area contributed by atoms with Gasteiger partial charge in [0.25, 0.3) is 5.91 Å². The number of ether oxygens (including phenoxy) is 2. The van der Waals surface area contributed by atoms with Crippen molar-refractivity contribution in [3.8, 4) is 5.75 Å². The fourth-order valence-electron chi connectivity index (χ4n) is 3.00. The van der Waals surface area contributed by atoms with Crippen molar-refractivity contribution in [1.29, 1.82) is 0 Å². The van der Waals surface area contributed by atoms with Gasteiger partial charge in [0.1, 0.15) is 17.4 Å². The van der Waals surface area contributed by atoms with Crippen molar-refractivity contribution in [2.24, 2.45) is 0 Å². The number of carbonyl (C=O) groups excluding carboxylic acids is 1. The molecule has 0 saturated carbocycles. The Morgan fingerprint density at radius 2 is 1.85 bits per heavy atom. The van der Waals surface area contributed by atoms with Gasteiger partial charge in [0.05, 0.1) is 19.3 Å². The van der Waals surface area contributed by atoms with Crippen LogP contribution in [0.15, 0.2) is 48.5 Å². The third-order valence-electron chi connectivity index (χ3n) is 4.40. The van der Waals surface area contributed by atoms with Gasteiger partial charge in [-0.2, -0.15) is 0 Å². The average Bonchev–Trinajstić information content (AvgIpc) is 2.69. The van der Waals surface area contributed by atoms with Crippen LogP contribution in [0.3, 0.4) is 0 Å². The van der Waals surface area contributed by atoms with Crippen LogP contribution in [-0.2, 0) is 9.53 Å². The van der Waals surface area contributed by atoms with Crippen LogP contribution in [0.25, 0.3) is 0 Å². The molecule has 0 radical (unpaired) electrons. The molecule has 1 fully saturated rings. The fraction of sp³-hybridized carbons (Fsp3) is 0.350. The number of rotatable bonds is 7. The summed E-state index contributed by atoms with van der Waals surface area (Å²) in [4.78, 5) is 14.3. The minimum absolute atomic E-state index is 0.0902. The molecule has 1 amide bonds. The first-order chi connectivity index (χ1) is 13.1. The first-order valence-electron chi connectivity index (χ1n) is 8.84. The number of nitrogens with zero attached hydrogens (tertiary/aromatic N) is 1. The highest BCUT2D eigenvalue weighted by Crippen LogP contribution is 2.21. The first kappa shape index (κ1) is 19.3. The predicted octanol–water partition coefficient (Wildman–Crippen LogP) is 2.53. The summed E-state index contributed by atoms with van der Waals surface area (Å²) in [6.07, 6.45) is 0. The largest absolute Gasteiger partial charge is 0.484 e. The number of halogens is 2. The molecule has 1 N–H and O–H groups in total. The van der Waals surface area contributed by atoms with E-state index < -0.39 is 5.82 Å². The maximum atomic E-state index is 13.2. The summed E-state index contributed by atoms with van der Waals surface area (Å²) in [7, 11) is 0. The molecule has 27 heavy (non-hydrogen) atoms. The highest BCUT2D eigenvalue weighted by atomic mass is 19.1. The lowest BCUT2D eigenvalue weighted by Gasteiger charge is -2.35. The maximum absolute atomic E-state index is 13.2. The summed E-state index contributed by atoms with van der Waals surface area (Å²) in [6.45, 7) is 2.86. The normalized spacial score (nSPS) is 15.9. The molecule has 2 aromatic rings. The minimum atomic E-state index is -0.420. The van der Waals surface area contributed by atoms with E-state index in [2.05, 4.69) is 10.2 Å². The van der Waals surface area contributed by atoms with E-state index in [1.54, 1.807) is 18.2 Å². The smallest absolute Gasteiger partial charge is 0.258 e. The topological polar surface area (TPSA) is 50.8 Å². The van der Waals surface area contributed by atoms with E-state index in [1.807, 2.05) is 0 Å². The lowest BCUT2D eigenvalue weighted by molar-refractivity contribution is -0.123. The van der Waals surface area contributed by atoms with Crippen molar-refractivity contribution in [2.45, 2.75) is 6.04 Å². The zero-order valence-electron chi connectivity index (χ0n) is 14.9. The molecule has 1 heterocycles. The Kier molecular flexibility index (Phi) is 6.73. The van der Waals surface area contributed by atoms with Gasteiger partial charge in [-0.1, -0.05) is 18.2 Å². The Morgan fingerprint density at radius 1 is 1.11 bits per heavy atom. The van der Waals surface area contributed by atoms with Crippen molar-refractivity contribution < 1.29 is 23.0 Å². The zero-order chi connectivity index (χ0) is 19.1. The van der Waals surface area contributed by atoms with E-state index in [1.165, 1.54) is 30.3 Å². The lowest BCUT2D eigenvalue weighted by Crippen LogP contribution is -2.44. The quantitative estimate of drug-likeness (QED) is 0.807. The molecule has 1 saturated heterocycles. The highest BCUT2D eigenvalue weighted by Gasteiger charge is 2.23. The third kappa shape index (κ3) is 5.74. The molecule has 7 heteroatoms. The van der Waals surface area contributed by atoms with Crippen LogP contribution in [-0.4, -0.2) is 50.3 Å². The molecule has 0 spiro atoms. The van der Waals surface area contributed by atoms with E-state index in [4.69, 9.17) is 9.47 Å². The number of nitrogens with one attached hydrogen (secondary N) is 1. The molecule has 3 rings (SSSR count). The summed E-state index contributed by atoms with van der Waals surface area (Å²) in [5.41, 5.74) is 0.921. The molecule has 0 bridgehead atoms.